The molecule has 0 aliphatic rings. The van der Waals surface area contributed by atoms with E-state index in [1.807, 2.05) is 0 Å². The molecule has 140 valence electrons. The first-order valence-corrected chi connectivity index (χ1v) is 8.90. The second-order valence-corrected chi connectivity index (χ2v) is 7.49. The minimum Gasteiger partial charge on any atom is -0.480 e. The lowest BCUT2D eigenvalue weighted by atomic mass is 10.1. The highest BCUT2D eigenvalue weighted by atomic mass is 79.9. The predicted octanol–water partition coefficient (Wildman–Crippen LogP) is 3.45. The number of unbranched alkanes of at least 4 members (excludes halogenated alkanes) is 1. The number of aliphatic carboxylic acids is 1. The van der Waals surface area contributed by atoms with Crippen molar-refractivity contribution in [3.63, 3.8) is 0 Å². The number of aromatic nitrogens is 2. The highest BCUT2D eigenvalue weighted by molar-refractivity contribution is 9.10. The number of carbonyl (C=O) groups is 2. The average Bonchev–Trinajstić information content (AvgIpc) is 2.47. The number of rotatable bonds is 8. The summed E-state index contributed by atoms with van der Waals surface area (Å²) in [5, 5.41) is 14.8. The number of carboxylic acid groups (broad SMARTS) is 1. The molecule has 0 saturated carbocycles. The van der Waals surface area contributed by atoms with Crippen LogP contribution in [0.3, 0.4) is 0 Å². The van der Waals surface area contributed by atoms with Gasteiger partial charge in [-0.15, -0.1) is 0 Å². The molecule has 0 saturated heterocycles. The lowest BCUT2D eigenvalue weighted by molar-refractivity contribution is -0.139. The Morgan fingerprint density at radius 2 is 2.08 bits per heavy atom. The molecule has 0 aromatic carbocycles. The summed E-state index contributed by atoms with van der Waals surface area (Å²) >= 11 is 9.03. The van der Waals surface area contributed by atoms with Crippen molar-refractivity contribution >= 4 is 45.4 Å². The molecular weight excluding hydrogens is 416 g/mol. The van der Waals surface area contributed by atoms with Gasteiger partial charge in [0, 0.05) is 12.7 Å². The van der Waals surface area contributed by atoms with E-state index in [4.69, 9.17) is 16.3 Å². The van der Waals surface area contributed by atoms with Crippen LogP contribution in [0.15, 0.2) is 10.7 Å². The van der Waals surface area contributed by atoms with E-state index in [2.05, 4.69) is 36.5 Å². The van der Waals surface area contributed by atoms with Gasteiger partial charge in [-0.05, 0) is 67.6 Å². The summed E-state index contributed by atoms with van der Waals surface area (Å²) in [4.78, 5) is 30.8. The molecule has 0 aliphatic carbocycles. The molecule has 8 nitrogen and oxygen atoms in total. The second kappa shape index (κ2) is 9.76. The zero-order valence-electron chi connectivity index (χ0n) is 14.3. The van der Waals surface area contributed by atoms with Crippen LogP contribution in [-0.4, -0.2) is 45.3 Å². The zero-order valence-corrected chi connectivity index (χ0v) is 16.6. The molecule has 1 amide bonds. The zero-order chi connectivity index (χ0) is 19.0. The van der Waals surface area contributed by atoms with E-state index in [0.29, 0.717) is 36.1 Å². The quantitative estimate of drug-likeness (QED) is 0.421. The van der Waals surface area contributed by atoms with Crippen molar-refractivity contribution in [1.82, 2.24) is 15.3 Å². The lowest BCUT2D eigenvalue weighted by Gasteiger charge is -2.22. The van der Waals surface area contributed by atoms with Gasteiger partial charge in [0.25, 0.3) is 0 Å². The molecule has 0 aliphatic heterocycles. The van der Waals surface area contributed by atoms with Gasteiger partial charge in [0.1, 0.15) is 17.5 Å². The van der Waals surface area contributed by atoms with Gasteiger partial charge in [-0.3, -0.25) is 0 Å². The smallest absolute Gasteiger partial charge is 0.408 e. The molecule has 0 bridgehead atoms. The lowest BCUT2D eigenvalue weighted by Crippen LogP contribution is -2.43. The normalized spacial score (nSPS) is 12.4. The SMILES string of the molecule is CC(C)(C)OC(=O)N[C@@H](CCCCNc1nc(Cl)ncc1Br)C(=O)O. The fourth-order valence-corrected chi connectivity index (χ4v) is 2.32. The van der Waals surface area contributed by atoms with E-state index in [1.54, 1.807) is 27.0 Å². The standard InChI is InChI=1S/C15H22BrClN4O4/c1-15(2,3)25-14(24)20-10(12(22)23)6-4-5-7-18-11-9(16)8-19-13(17)21-11/h8,10H,4-7H2,1-3H3,(H,20,24)(H,22,23)(H,18,19,21)/t10-/m0/s1. The summed E-state index contributed by atoms with van der Waals surface area (Å²) in [6, 6.07) is -0.991. The second-order valence-electron chi connectivity index (χ2n) is 6.30. The van der Waals surface area contributed by atoms with Crippen LogP contribution in [0.4, 0.5) is 10.6 Å². The summed E-state index contributed by atoms with van der Waals surface area (Å²) in [5.41, 5.74) is -0.677. The summed E-state index contributed by atoms with van der Waals surface area (Å²) in [6.45, 7) is 5.72. The topological polar surface area (TPSA) is 113 Å². The first kappa shape index (κ1) is 21.4. The number of hydrogen-bond acceptors (Lipinski definition) is 6. The number of ether oxygens (including phenoxy) is 1. The van der Waals surface area contributed by atoms with Crippen LogP contribution in [-0.2, 0) is 9.53 Å². The first-order chi connectivity index (χ1) is 11.6. The highest BCUT2D eigenvalue weighted by Crippen LogP contribution is 2.20. The van der Waals surface area contributed by atoms with Gasteiger partial charge >= 0.3 is 12.1 Å². The van der Waals surface area contributed by atoms with Gasteiger partial charge in [0.05, 0.1) is 4.47 Å². The Balaban J connectivity index is 2.37. The molecule has 1 atom stereocenters. The Kier molecular flexibility index (Phi) is 8.37. The molecule has 3 N–H and O–H groups in total. The summed E-state index contributed by atoms with van der Waals surface area (Å²) in [5.74, 6) is -0.522. The molecule has 25 heavy (non-hydrogen) atoms. The van der Waals surface area contributed by atoms with Gasteiger partial charge in [-0.1, -0.05) is 0 Å². The number of carbonyl (C=O) groups excluding carboxylic acids is 1. The molecule has 1 rings (SSSR count). The third-order valence-corrected chi connectivity index (χ3v) is 3.68. The summed E-state index contributed by atoms with van der Waals surface area (Å²) < 4.78 is 5.76. The Labute approximate surface area is 159 Å². The molecule has 10 heteroatoms. The van der Waals surface area contributed by atoms with Crippen LogP contribution in [0.1, 0.15) is 40.0 Å². The van der Waals surface area contributed by atoms with Crippen molar-refractivity contribution in [3.05, 3.63) is 16.0 Å². The summed E-state index contributed by atoms with van der Waals surface area (Å²) in [6.07, 6.45) is 2.38. The minimum absolute atomic E-state index is 0.137. The van der Waals surface area contributed by atoms with Gasteiger partial charge < -0.3 is 20.5 Å². The number of hydrogen-bond donors (Lipinski definition) is 3. The number of halogens is 2. The molecule has 1 aromatic rings. The van der Waals surface area contributed by atoms with Crippen LogP contribution >= 0.6 is 27.5 Å². The van der Waals surface area contributed by atoms with Crippen molar-refractivity contribution in [2.45, 2.75) is 51.7 Å². The van der Waals surface area contributed by atoms with E-state index in [9.17, 15) is 14.7 Å². The molecule has 1 aromatic heterocycles. The fourth-order valence-electron chi connectivity index (χ4n) is 1.86. The molecular formula is C15H22BrClN4O4. The van der Waals surface area contributed by atoms with Crippen molar-refractivity contribution in [2.75, 3.05) is 11.9 Å². The molecule has 0 unspecified atom stereocenters. The largest absolute Gasteiger partial charge is 0.480 e. The van der Waals surface area contributed by atoms with E-state index in [-0.39, 0.29) is 5.28 Å². The van der Waals surface area contributed by atoms with Crippen molar-refractivity contribution in [2.24, 2.45) is 0 Å². The van der Waals surface area contributed by atoms with Crippen LogP contribution in [0.25, 0.3) is 0 Å². The van der Waals surface area contributed by atoms with Gasteiger partial charge in [-0.25, -0.2) is 14.6 Å². The van der Waals surface area contributed by atoms with E-state index < -0.39 is 23.7 Å². The van der Waals surface area contributed by atoms with Crippen LogP contribution in [0.2, 0.25) is 5.28 Å². The van der Waals surface area contributed by atoms with E-state index in [1.165, 1.54) is 0 Å². The third-order valence-electron chi connectivity index (χ3n) is 2.92. The third kappa shape index (κ3) is 8.87. The Morgan fingerprint density at radius 1 is 1.40 bits per heavy atom. The first-order valence-electron chi connectivity index (χ1n) is 7.72. The van der Waals surface area contributed by atoms with Gasteiger partial charge in [0.15, 0.2) is 0 Å². The molecule has 1 heterocycles. The van der Waals surface area contributed by atoms with Crippen molar-refractivity contribution in [3.8, 4) is 0 Å². The summed E-state index contributed by atoms with van der Waals surface area (Å²) in [7, 11) is 0. The van der Waals surface area contributed by atoms with Crippen molar-refractivity contribution < 1.29 is 19.4 Å². The average molecular weight is 438 g/mol. The number of anilines is 1. The Bertz CT molecular complexity index is 610. The minimum atomic E-state index is -1.09. The number of amides is 1. The Morgan fingerprint density at radius 3 is 2.68 bits per heavy atom. The molecule has 0 fully saturated rings. The number of alkyl carbamates (subject to hydrolysis) is 1. The monoisotopic (exact) mass is 436 g/mol. The Hall–Kier alpha value is -1.61. The van der Waals surface area contributed by atoms with Crippen LogP contribution < -0.4 is 10.6 Å². The van der Waals surface area contributed by atoms with Crippen LogP contribution in [0.5, 0.6) is 0 Å². The number of carboxylic acids is 1. The van der Waals surface area contributed by atoms with Crippen molar-refractivity contribution in [1.29, 1.82) is 0 Å². The van der Waals surface area contributed by atoms with Crippen LogP contribution in [0, 0.1) is 0 Å². The predicted molar refractivity (Wildman–Crippen MR) is 97.9 cm³/mol. The maximum Gasteiger partial charge on any atom is 0.408 e. The number of nitrogens with one attached hydrogen (secondary N) is 2. The highest BCUT2D eigenvalue weighted by Gasteiger charge is 2.23. The maximum absolute atomic E-state index is 11.7. The molecule has 0 radical (unpaired) electrons. The van der Waals surface area contributed by atoms with Gasteiger partial charge in [-0.2, -0.15) is 4.98 Å². The fraction of sp³-hybridized carbons (Fsp3) is 0.600. The number of nitrogens with zero attached hydrogens (tertiary/aromatic N) is 2. The maximum atomic E-state index is 11.7. The molecule has 0 spiro atoms. The van der Waals surface area contributed by atoms with E-state index in [0.717, 1.165) is 0 Å². The van der Waals surface area contributed by atoms with E-state index >= 15 is 0 Å². The van der Waals surface area contributed by atoms with Gasteiger partial charge in [0.2, 0.25) is 5.28 Å².